The minimum Gasteiger partial charge on any atom is -0.292 e. The van der Waals surface area contributed by atoms with E-state index in [9.17, 15) is 0 Å². The number of hydrogen-bond acceptors (Lipinski definition) is 3. The predicted octanol–water partition coefficient (Wildman–Crippen LogP) is 1.99. The lowest BCUT2D eigenvalue weighted by Crippen LogP contribution is -2.45. The van der Waals surface area contributed by atoms with Gasteiger partial charge in [0.1, 0.15) is 0 Å². The van der Waals surface area contributed by atoms with Gasteiger partial charge < -0.3 is 0 Å². The van der Waals surface area contributed by atoms with Crippen LogP contribution in [0.25, 0.3) is 0 Å². The molecule has 2 aliphatic rings. The molecule has 0 aromatic heterocycles. The molecule has 2 aliphatic heterocycles. The van der Waals surface area contributed by atoms with E-state index in [-0.39, 0.29) is 0 Å². The van der Waals surface area contributed by atoms with Crippen molar-refractivity contribution >= 4 is 11.6 Å². The molecule has 0 amide bonds. The van der Waals surface area contributed by atoms with Gasteiger partial charge in [-0.1, -0.05) is 17.7 Å². The average molecular weight is 252 g/mol. The molecule has 1 aromatic rings. The van der Waals surface area contributed by atoms with Crippen molar-refractivity contribution in [3.63, 3.8) is 0 Å². The number of halogens is 1. The highest BCUT2D eigenvalue weighted by atomic mass is 35.5. The second-order valence-electron chi connectivity index (χ2n) is 5.09. The molecule has 0 spiro atoms. The third-order valence-corrected chi connectivity index (χ3v) is 4.17. The van der Waals surface area contributed by atoms with Crippen LogP contribution in [0, 0.1) is 0 Å². The van der Waals surface area contributed by atoms with Gasteiger partial charge in [0.2, 0.25) is 0 Å². The van der Waals surface area contributed by atoms with Gasteiger partial charge in [-0.2, -0.15) is 0 Å². The molecule has 1 fully saturated rings. The first-order chi connectivity index (χ1) is 8.22. The fourth-order valence-electron chi connectivity index (χ4n) is 2.90. The fraction of sp³-hybridized carbons (Fsp3) is 0.538. The summed E-state index contributed by atoms with van der Waals surface area (Å²) >= 11 is 6.03. The molecule has 2 heterocycles. The van der Waals surface area contributed by atoms with Crippen molar-refractivity contribution < 1.29 is 0 Å². The van der Waals surface area contributed by atoms with Crippen molar-refractivity contribution in [3.8, 4) is 0 Å². The van der Waals surface area contributed by atoms with Crippen molar-refractivity contribution in [1.29, 1.82) is 0 Å². The molecule has 0 bridgehead atoms. The van der Waals surface area contributed by atoms with Crippen molar-refractivity contribution in [1.82, 2.24) is 9.91 Å². The smallest absolute Gasteiger partial charge is 0.0409 e. The zero-order valence-electron chi connectivity index (χ0n) is 9.90. The normalized spacial score (nSPS) is 22.9. The van der Waals surface area contributed by atoms with Gasteiger partial charge in [-0.15, -0.1) is 0 Å². The number of nitrogens with zero attached hydrogens (tertiary/aromatic N) is 2. The Labute approximate surface area is 107 Å². The van der Waals surface area contributed by atoms with Crippen LogP contribution in [0.5, 0.6) is 0 Å². The lowest BCUT2D eigenvalue weighted by molar-refractivity contribution is 0.107. The maximum absolute atomic E-state index is 6.03. The third-order valence-electron chi connectivity index (χ3n) is 3.93. The summed E-state index contributed by atoms with van der Waals surface area (Å²) in [6.45, 7) is 4.14. The molecule has 1 saturated heterocycles. The van der Waals surface area contributed by atoms with Gasteiger partial charge in [-0.25, -0.2) is 5.01 Å². The second kappa shape index (κ2) is 4.58. The van der Waals surface area contributed by atoms with E-state index >= 15 is 0 Å². The Morgan fingerprint density at radius 2 is 1.82 bits per heavy atom. The SMILES string of the molecule is NN1CCC(N2Cc3ccc(Cl)cc3C2)CC1. The first kappa shape index (κ1) is 11.5. The first-order valence-electron chi connectivity index (χ1n) is 6.23. The average Bonchev–Trinajstić information content (AvgIpc) is 2.72. The standard InChI is InChI=1S/C13H18ClN3/c14-12-2-1-10-8-16(9-11(10)7-12)13-3-5-17(15)6-4-13/h1-2,7,13H,3-6,8-9,15H2. The van der Waals surface area contributed by atoms with Gasteiger partial charge in [0.05, 0.1) is 0 Å². The topological polar surface area (TPSA) is 32.5 Å². The molecule has 17 heavy (non-hydrogen) atoms. The minimum atomic E-state index is 0.681. The lowest BCUT2D eigenvalue weighted by Gasteiger charge is -2.34. The molecule has 1 aromatic carbocycles. The number of fused-ring (bicyclic) bond motifs is 1. The van der Waals surface area contributed by atoms with Gasteiger partial charge in [0.15, 0.2) is 0 Å². The lowest BCUT2D eigenvalue weighted by atomic mass is 10.0. The van der Waals surface area contributed by atoms with Crippen LogP contribution >= 0.6 is 11.6 Å². The summed E-state index contributed by atoms with van der Waals surface area (Å²) < 4.78 is 0. The second-order valence-corrected chi connectivity index (χ2v) is 5.52. The summed E-state index contributed by atoms with van der Waals surface area (Å²) in [5, 5.41) is 2.78. The molecule has 3 nitrogen and oxygen atoms in total. The summed E-state index contributed by atoms with van der Waals surface area (Å²) in [5.41, 5.74) is 2.83. The van der Waals surface area contributed by atoms with Crippen molar-refractivity contribution in [2.45, 2.75) is 32.0 Å². The van der Waals surface area contributed by atoms with Crippen LogP contribution in [0.4, 0.5) is 0 Å². The van der Waals surface area contributed by atoms with Crippen LogP contribution in [0.3, 0.4) is 0 Å². The van der Waals surface area contributed by atoms with Crippen LogP contribution in [0.15, 0.2) is 18.2 Å². The summed E-state index contributed by atoms with van der Waals surface area (Å²) in [7, 11) is 0. The Balaban J connectivity index is 1.69. The molecule has 2 N–H and O–H groups in total. The predicted molar refractivity (Wildman–Crippen MR) is 69.5 cm³/mol. The number of hydrazine groups is 1. The number of nitrogens with two attached hydrogens (primary N) is 1. The van der Waals surface area contributed by atoms with Gasteiger partial charge in [0.25, 0.3) is 0 Å². The first-order valence-corrected chi connectivity index (χ1v) is 6.61. The van der Waals surface area contributed by atoms with Gasteiger partial charge in [0, 0.05) is 37.2 Å². The van der Waals surface area contributed by atoms with Crippen molar-refractivity contribution in [2.75, 3.05) is 13.1 Å². The van der Waals surface area contributed by atoms with Gasteiger partial charge >= 0.3 is 0 Å². The maximum Gasteiger partial charge on any atom is 0.0409 e. The van der Waals surface area contributed by atoms with Crippen molar-refractivity contribution in [2.24, 2.45) is 5.84 Å². The molecule has 0 saturated carbocycles. The van der Waals surface area contributed by atoms with Crippen LogP contribution < -0.4 is 5.84 Å². The Morgan fingerprint density at radius 1 is 1.12 bits per heavy atom. The molecule has 92 valence electrons. The number of benzene rings is 1. The zero-order valence-corrected chi connectivity index (χ0v) is 10.7. The summed E-state index contributed by atoms with van der Waals surface area (Å²) in [5.74, 6) is 5.80. The molecule has 0 aliphatic carbocycles. The van der Waals surface area contributed by atoms with E-state index in [1.54, 1.807) is 0 Å². The van der Waals surface area contributed by atoms with Gasteiger partial charge in [-0.05, 0) is 36.1 Å². The third kappa shape index (κ3) is 2.33. The molecule has 3 rings (SSSR count). The summed E-state index contributed by atoms with van der Waals surface area (Å²) in [6.07, 6.45) is 2.36. The molecule has 0 atom stereocenters. The van der Waals surface area contributed by atoms with Gasteiger partial charge in [-0.3, -0.25) is 10.7 Å². The number of rotatable bonds is 1. The molecule has 0 radical (unpaired) electrons. The largest absolute Gasteiger partial charge is 0.292 e. The Kier molecular flexibility index (Phi) is 3.09. The van der Waals surface area contributed by atoms with Crippen molar-refractivity contribution in [3.05, 3.63) is 34.3 Å². The van der Waals surface area contributed by atoms with E-state index < -0.39 is 0 Å². The molecule has 0 unspecified atom stereocenters. The Morgan fingerprint density at radius 3 is 2.59 bits per heavy atom. The van der Waals surface area contributed by atoms with E-state index in [1.165, 1.54) is 24.0 Å². The van der Waals surface area contributed by atoms with Crippen LogP contribution in [-0.2, 0) is 13.1 Å². The molecular weight excluding hydrogens is 234 g/mol. The quantitative estimate of drug-likeness (QED) is 0.775. The Bertz CT molecular complexity index is 413. The fourth-order valence-corrected chi connectivity index (χ4v) is 3.09. The monoisotopic (exact) mass is 251 g/mol. The summed E-state index contributed by atoms with van der Waals surface area (Å²) in [6, 6.07) is 6.94. The van der Waals surface area contributed by atoms with E-state index in [0.717, 1.165) is 31.2 Å². The minimum absolute atomic E-state index is 0.681. The number of piperidine rings is 1. The highest BCUT2D eigenvalue weighted by Gasteiger charge is 2.28. The highest BCUT2D eigenvalue weighted by Crippen LogP contribution is 2.29. The van der Waals surface area contributed by atoms with Crippen LogP contribution in [0.1, 0.15) is 24.0 Å². The molecular formula is C13H18ClN3. The maximum atomic E-state index is 6.03. The van der Waals surface area contributed by atoms with Crippen LogP contribution in [-0.4, -0.2) is 29.0 Å². The van der Waals surface area contributed by atoms with E-state index in [0.29, 0.717) is 6.04 Å². The van der Waals surface area contributed by atoms with Crippen LogP contribution in [0.2, 0.25) is 5.02 Å². The highest BCUT2D eigenvalue weighted by molar-refractivity contribution is 6.30. The number of hydrogen-bond donors (Lipinski definition) is 1. The zero-order chi connectivity index (χ0) is 11.8. The Hall–Kier alpha value is -0.610. The summed E-state index contributed by atoms with van der Waals surface area (Å²) in [4.78, 5) is 2.56. The van der Waals surface area contributed by atoms with E-state index in [2.05, 4.69) is 17.0 Å². The van der Waals surface area contributed by atoms with E-state index in [4.69, 9.17) is 17.4 Å². The molecule has 4 heteroatoms. The van der Waals surface area contributed by atoms with E-state index in [1.807, 2.05) is 11.1 Å².